The molecule has 2 N–H and O–H groups in total. The Kier molecular flexibility index (Phi) is 6.06. The number of nitrogens with zero attached hydrogens (tertiary/aromatic N) is 5. The zero-order valence-electron chi connectivity index (χ0n) is 10.7. The third-order valence-corrected chi connectivity index (χ3v) is 3.69. The summed E-state index contributed by atoms with van der Waals surface area (Å²) < 4.78 is 4.31. The van der Waals surface area contributed by atoms with E-state index in [1.807, 2.05) is 0 Å². The molecule has 0 aromatic carbocycles. The van der Waals surface area contributed by atoms with Gasteiger partial charge >= 0.3 is 0 Å². The first kappa shape index (κ1) is 15.4. The number of hydrogen-bond acceptors (Lipinski definition) is 5. The highest BCUT2D eigenvalue weighted by atomic mass is 127. The highest BCUT2D eigenvalue weighted by Crippen LogP contribution is 2.19. The molecule has 0 bridgehead atoms. The maximum absolute atomic E-state index is 5.79. The fourth-order valence-electron chi connectivity index (χ4n) is 1.79. The van der Waals surface area contributed by atoms with E-state index in [0.717, 1.165) is 43.6 Å². The Morgan fingerprint density at radius 2 is 2.06 bits per heavy atom. The fourth-order valence-corrected chi connectivity index (χ4v) is 2.59. The number of aliphatic imine (C=N–C) groups is 1. The molecule has 1 fully saturated rings. The molecule has 18 heavy (non-hydrogen) atoms. The number of aromatic nitrogens is 2. The van der Waals surface area contributed by atoms with Crippen LogP contribution in [0, 0.1) is 0 Å². The van der Waals surface area contributed by atoms with Crippen LogP contribution < -0.4 is 10.6 Å². The Morgan fingerprint density at radius 3 is 2.56 bits per heavy atom. The molecule has 1 saturated heterocycles. The molecule has 0 radical (unpaired) electrons. The summed E-state index contributed by atoms with van der Waals surface area (Å²) in [6, 6.07) is 0. The molecule has 0 unspecified atom stereocenters. The van der Waals surface area contributed by atoms with Gasteiger partial charge in [0.05, 0.1) is 0 Å². The molecule has 2 heterocycles. The number of hydrogen-bond donors (Lipinski definition) is 1. The zero-order chi connectivity index (χ0) is 12.3. The van der Waals surface area contributed by atoms with Crippen molar-refractivity contribution in [1.82, 2.24) is 14.3 Å². The topological polar surface area (TPSA) is 70.6 Å². The minimum Gasteiger partial charge on any atom is -0.370 e. The van der Waals surface area contributed by atoms with Gasteiger partial charge in [0.15, 0.2) is 5.96 Å². The van der Waals surface area contributed by atoms with Crippen molar-refractivity contribution in [3.63, 3.8) is 0 Å². The van der Waals surface area contributed by atoms with Gasteiger partial charge in [-0.1, -0.05) is 6.92 Å². The summed E-state index contributed by atoms with van der Waals surface area (Å²) in [4.78, 5) is 12.9. The molecule has 1 aromatic rings. The van der Waals surface area contributed by atoms with Crippen molar-refractivity contribution in [3.8, 4) is 0 Å². The van der Waals surface area contributed by atoms with Crippen LogP contribution >= 0.6 is 35.5 Å². The van der Waals surface area contributed by atoms with Gasteiger partial charge in [-0.15, -0.1) is 24.0 Å². The maximum atomic E-state index is 5.79. The van der Waals surface area contributed by atoms with Gasteiger partial charge in [-0.2, -0.15) is 4.37 Å². The van der Waals surface area contributed by atoms with Gasteiger partial charge in [0, 0.05) is 51.2 Å². The molecule has 0 aliphatic carbocycles. The number of anilines is 1. The molecule has 0 atom stereocenters. The normalized spacial score (nSPS) is 16.7. The van der Waals surface area contributed by atoms with Crippen molar-refractivity contribution in [1.29, 1.82) is 0 Å². The van der Waals surface area contributed by atoms with Gasteiger partial charge in [0.25, 0.3) is 0 Å². The molecular formula is C10H19IN6S. The Balaban J connectivity index is 0.00000162. The quantitative estimate of drug-likeness (QED) is 0.465. The summed E-state index contributed by atoms with van der Waals surface area (Å²) in [7, 11) is 1.72. The van der Waals surface area contributed by atoms with Crippen LogP contribution in [0.2, 0.25) is 0 Å². The predicted octanol–water partition coefficient (Wildman–Crippen LogP) is 0.785. The van der Waals surface area contributed by atoms with Gasteiger partial charge in [0.1, 0.15) is 5.82 Å². The molecule has 1 aliphatic rings. The smallest absolute Gasteiger partial charge is 0.205 e. The van der Waals surface area contributed by atoms with Crippen molar-refractivity contribution in [2.45, 2.75) is 13.3 Å². The van der Waals surface area contributed by atoms with Crippen molar-refractivity contribution < 1.29 is 0 Å². The molecule has 6 nitrogen and oxygen atoms in total. The Labute approximate surface area is 128 Å². The average molecular weight is 382 g/mol. The van der Waals surface area contributed by atoms with E-state index in [-0.39, 0.29) is 24.0 Å². The van der Waals surface area contributed by atoms with Crippen LogP contribution in [0.15, 0.2) is 4.99 Å². The second kappa shape index (κ2) is 7.07. The van der Waals surface area contributed by atoms with Crippen LogP contribution in [0.1, 0.15) is 12.7 Å². The standard InChI is InChI=1S/C10H18N6S.HI/c1-3-8-13-10(17-14-8)16-6-4-15(5-7-16)9(11)12-2;/h3-7H2,1-2H3,(H2,11,12);1H. The molecule has 0 spiro atoms. The summed E-state index contributed by atoms with van der Waals surface area (Å²) in [5.41, 5.74) is 5.79. The van der Waals surface area contributed by atoms with E-state index in [9.17, 15) is 0 Å². The van der Waals surface area contributed by atoms with Crippen LogP contribution in [0.5, 0.6) is 0 Å². The van der Waals surface area contributed by atoms with Crippen LogP contribution in [0.4, 0.5) is 5.13 Å². The maximum Gasteiger partial charge on any atom is 0.205 e. The molecule has 1 aliphatic heterocycles. The molecule has 0 saturated carbocycles. The zero-order valence-corrected chi connectivity index (χ0v) is 13.8. The number of halogens is 1. The largest absolute Gasteiger partial charge is 0.370 e. The van der Waals surface area contributed by atoms with Gasteiger partial charge < -0.3 is 15.5 Å². The van der Waals surface area contributed by atoms with Crippen LogP contribution in [-0.2, 0) is 6.42 Å². The molecule has 2 rings (SSSR count). The number of nitrogens with two attached hydrogens (primary N) is 1. The summed E-state index contributed by atoms with van der Waals surface area (Å²) in [5, 5.41) is 1.02. The molecule has 8 heteroatoms. The second-order valence-electron chi connectivity index (χ2n) is 3.90. The first-order valence-electron chi connectivity index (χ1n) is 5.79. The highest BCUT2D eigenvalue weighted by Gasteiger charge is 2.20. The fraction of sp³-hybridized carbons (Fsp3) is 0.700. The Hall–Kier alpha value is -0.640. The Morgan fingerprint density at radius 1 is 1.39 bits per heavy atom. The van der Waals surface area contributed by atoms with E-state index in [2.05, 4.69) is 31.1 Å². The van der Waals surface area contributed by atoms with Crippen molar-refractivity contribution in [3.05, 3.63) is 5.82 Å². The van der Waals surface area contributed by atoms with Crippen molar-refractivity contribution in [2.24, 2.45) is 10.7 Å². The molecule has 0 amide bonds. The van der Waals surface area contributed by atoms with E-state index in [4.69, 9.17) is 5.73 Å². The summed E-state index contributed by atoms with van der Waals surface area (Å²) in [5.74, 6) is 1.55. The number of guanidine groups is 1. The predicted molar refractivity (Wildman–Crippen MR) is 86.0 cm³/mol. The van der Waals surface area contributed by atoms with Crippen LogP contribution in [0.25, 0.3) is 0 Å². The lowest BCUT2D eigenvalue weighted by molar-refractivity contribution is 0.381. The van der Waals surface area contributed by atoms with Gasteiger partial charge in [0.2, 0.25) is 5.13 Å². The molecule has 1 aromatic heterocycles. The summed E-state index contributed by atoms with van der Waals surface area (Å²) in [6.45, 7) is 5.71. The van der Waals surface area contributed by atoms with E-state index in [1.165, 1.54) is 11.5 Å². The van der Waals surface area contributed by atoms with E-state index in [1.54, 1.807) is 7.05 Å². The second-order valence-corrected chi connectivity index (χ2v) is 4.63. The minimum absolute atomic E-state index is 0. The van der Waals surface area contributed by atoms with Crippen molar-refractivity contribution in [2.75, 3.05) is 38.1 Å². The Bertz CT molecular complexity index is 399. The van der Waals surface area contributed by atoms with Gasteiger partial charge in [-0.05, 0) is 0 Å². The first-order chi connectivity index (χ1) is 8.24. The van der Waals surface area contributed by atoms with E-state index in [0.29, 0.717) is 5.96 Å². The SMILES string of the molecule is CCc1nsc(N2CCN(C(N)=NC)CC2)n1.I. The summed E-state index contributed by atoms with van der Waals surface area (Å²) >= 11 is 1.48. The third-order valence-electron chi connectivity index (χ3n) is 2.88. The molecular weight excluding hydrogens is 363 g/mol. The highest BCUT2D eigenvalue weighted by molar-refractivity contribution is 14.0. The van der Waals surface area contributed by atoms with Crippen LogP contribution in [-0.4, -0.2) is 53.4 Å². The number of rotatable bonds is 2. The van der Waals surface area contributed by atoms with E-state index >= 15 is 0 Å². The first-order valence-corrected chi connectivity index (χ1v) is 6.56. The lowest BCUT2D eigenvalue weighted by Crippen LogP contribution is -2.51. The van der Waals surface area contributed by atoms with Crippen LogP contribution in [0.3, 0.4) is 0 Å². The number of piperazine rings is 1. The third kappa shape index (κ3) is 3.44. The number of aryl methyl sites for hydroxylation is 1. The van der Waals surface area contributed by atoms with E-state index < -0.39 is 0 Å². The van der Waals surface area contributed by atoms with Gasteiger partial charge in [-0.25, -0.2) is 4.98 Å². The monoisotopic (exact) mass is 382 g/mol. The lowest BCUT2D eigenvalue weighted by atomic mass is 10.3. The van der Waals surface area contributed by atoms with Crippen molar-refractivity contribution >= 4 is 46.6 Å². The summed E-state index contributed by atoms with van der Waals surface area (Å²) in [6.07, 6.45) is 0.895. The molecule has 102 valence electrons. The lowest BCUT2D eigenvalue weighted by Gasteiger charge is -2.34. The van der Waals surface area contributed by atoms with Gasteiger partial charge in [-0.3, -0.25) is 4.99 Å². The average Bonchev–Trinajstić information content (AvgIpc) is 2.87. The minimum atomic E-state index is 0.